The average molecular weight is 318 g/mol. The Bertz CT molecular complexity index is 384. The molecule has 18 heavy (non-hydrogen) atoms. The van der Waals surface area contributed by atoms with Crippen molar-refractivity contribution in [1.82, 2.24) is 0 Å². The molecular formula is C14H21BrFNO. The van der Waals surface area contributed by atoms with Crippen LogP contribution in [-0.4, -0.2) is 18.8 Å². The van der Waals surface area contributed by atoms with Gasteiger partial charge in [-0.1, -0.05) is 26.0 Å². The number of benzene rings is 1. The fourth-order valence-electron chi connectivity index (χ4n) is 2.08. The van der Waals surface area contributed by atoms with Crippen molar-refractivity contribution in [2.24, 2.45) is 11.7 Å². The van der Waals surface area contributed by atoms with E-state index < -0.39 is 0 Å². The summed E-state index contributed by atoms with van der Waals surface area (Å²) in [5.41, 5.74) is 7.07. The van der Waals surface area contributed by atoms with Crippen LogP contribution >= 0.6 is 15.9 Å². The molecule has 0 saturated carbocycles. The maximum atomic E-state index is 13.4. The van der Waals surface area contributed by atoms with E-state index >= 15 is 0 Å². The molecule has 1 aromatic rings. The zero-order chi connectivity index (χ0) is 13.7. The van der Waals surface area contributed by atoms with Crippen molar-refractivity contribution in [3.8, 4) is 0 Å². The van der Waals surface area contributed by atoms with Crippen LogP contribution in [0.3, 0.4) is 0 Å². The van der Waals surface area contributed by atoms with E-state index in [4.69, 9.17) is 10.5 Å². The first-order valence-electron chi connectivity index (χ1n) is 6.27. The van der Waals surface area contributed by atoms with E-state index in [9.17, 15) is 4.39 Å². The molecule has 0 heterocycles. The summed E-state index contributed by atoms with van der Waals surface area (Å²) in [6.45, 7) is 6.77. The van der Waals surface area contributed by atoms with Gasteiger partial charge < -0.3 is 10.5 Å². The Balaban J connectivity index is 2.79. The molecule has 0 bridgehead atoms. The smallest absolute Gasteiger partial charge is 0.137 e. The summed E-state index contributed by atoms with van der Waals surface area (Å²) in [4.78, 5) is 0. The van der Waals surface area contributed by atoms with Crippen LogP contribution in [0.1, 0.15) is 26.3 Å². The SMILES string of the molecule is CCOC(C(C)C)C(N)Cc1cccc(F)c1Br. The third-order valence-electron chi connectivity index (χ3n) is 2.93. The van der Waals surface area contributed by atoms with Crippen molar-refractivity contribution in [3.63, 3.8) is 0 Å². The highest BCUT2D eigenvalue weighted by Gasteiger charge is 2.23. The van der Waals surface area contributed by atoms with Crippen molar-refractivity contribution in [2.45, 2.75) is 39.3 Å². The van der Waals surface area contributed by atoms with Crippen LogP contribution in [0.25, 0.3) is 0 Å². The Kier molecular flexibility index (Phi) is 6.26. The summed E-state index contributed by atoms with van der Waals surface area (Å²) in [7, 11) is 0. The van der Waals surface area contributed by atoms with Crippen LogP contribution in [0.15, 0.2) is 22.7 Å². The van der Waals surface area contributed by atoms with Crippen molar-refractivity contribution in [2.75, 3.05) is 6.61 Å². The third-order valence-corrected chi connectivity index (χ3v) is 3.81. The van der Waals surface area contributed by atoms with Crippen LogP contribution in [-0.2, 0) is 11.2 Å². The highest BCUT2D eigenvalue weighted by Crippen LogP contribution is 2.23. The fourth-order valence-corrected chi connectivity index (χ4v) is 2.51. The van der Waals surface area contributed by atoms with Gasteiger partial charge in [-0.25, -0.2) is 4.39 Å². The Morgan fingerprint density at radius 2 is 2.06 bits per heavy atom. The van der Waals surface area contributed by atoms with E-state index in [-0.39, 0.29) is 18.0 Å². The molecule has 2 unspecified atom stereocenters. The molecule has 0 aromatic heterocycles. The van der Waals surface area contributed by atoms with Crippen LogP contribution in [0.5, 0.6) is 0 Å². The van der Waals surface area contributed by atoms with Gasteiger partial charge in [0, 0.05) is 12.6 Å². The molecule has 0 aliphatic heterocycles. The number of nitrogens with two attached hydrogens (primary N) is 1. The average Bonchev–Trinajstić information content (AvgIpc) is 2.31. The maximum Gasteiger partial charge on any atom is 0.137 e. The number of halogens is 2. The molecule has 1 rings (SSSR count). The first-order chi connectivity index (χ1) is 8.47. The molecule has 2 N–H and O–H groups in total. The van der Waals surface area contributed by atoms with E-state index in [1.54, 1.807) is 6.07 Å². The summed E-state index contributed by atoms with van der Waals surface area (Å²) in [5, 5.41) is 0. The van der Waals surface area contributed by atoms with Gasteiger partial charge in [-0.05, 0) is 46.8 Å². The van der Waals surface area contributed by atoms with Gasteiger partial charge in [0.15, 0.2) is 0 Å². The first kappa shape index (κ1) is 15.6. The second kappa shape index (κ2) is 7.22. The number of hydrogen-bond donors (Lipinski definition) is 1. The molecule has 0 amide bonds. The van der Waals surface area contributed by atoms with E-state index in [2.05, 4.69) is 29.8 Å². The zero-order valence-corrected chi connectivity index (χ0v) is 12.7. The van der Waals surface area contributed by atoms with Gasteiger partial charge >= 0.3 is 0 Å². The van der Waals surface area contributed by atoms with E-state index in [0.29, 0.717) is 23.4 Å². The second-order valence-corrected chi connectivity index (χ2v) is 5.54. The lowest BCUT2D eigenvalue weighted by atomic mass is 9.94. The minimum atomic E-state index is -0.253. The normalized spacial score (nSPS) is 14.8. The van der Waals surface area contributed by atoms with Gasteiger partial charge in [-0.2, -0.15) is 0 Å². The van der Waals surface area contributed by atoms with Gasteiger partial charge in [0.1, 0.15) is 5.82 Å². The molecule has 0 spiro atoms. The van der Waals surface area contributed by atoms with E-state index in [1.165, 1.54) is 6.07 Å². The Labute approximate surface area is 117 Å². The Hall–Kier alpha value is -0.450. The van der Waals surface area contributed by atoms with Gasteiger partial charge in [0.2, 0.25) is 0 Å². The lowest BCUT2D eigenvalue weighted by Crippen LogP contribution is -2.42. The van der Waals surface area contributed by atoms with Gasteiger partial charge in [-0.15, -0.1) is 0 Å². The Morgan fingerprint density at radius 1 is 1.39 bits per heavy atom. The molecule has 102 valence electrons. The first-order valence-corrected chi connectivity index (χ1v) is 7.06. The van der Waals surface area contributed by atoms with Crippen LogP contribution in [0.4, 0.5) is 4.39 Å². The van der Waals surface area contributed by atoms with Crippen molar-refractivity contribution in [3.05, 3.63) is 34.1 Å². The molecular weight excluding hydrogens is 297 g/mol. The molecule has 1 aromatic carbocycles. The van der Waals surface area contributed by atoms with Crippen molar-refractivity contribution >= 4 is 15.9 Å². The lowest BCUT2D eigenvalue weighted by Gasteiger charge is -2.27. The van der Waals surface area contributed by atoms with E-state index in [1.807, 2.05) is 13.0 Å². The minimum Gasteiger partial charge on any atom is -0.377 e. The molecule has 0 aliphatic rings. The molecule has 0 radical (unpaired) electrons. The van der Waals surface area contributed by atoms with Crippen molar-refractivity contribution < 1.29 is 9.13 Å². The predicted molar refractivity (Wildman–Crippen MR) is 76.0 cm³/mol. The summed E-state index contributed by atoms with van der Waals surface area (Å²) < 4.78 is 19.6. The fraction of sp³-hybridized carbons (Fsp3) is 0.571. The standard InChI is InChI=1S/C14H21BrFNO/c1-4-18-14(9(2)3)12(17)8-10-6-5-7-11(16)13(10)15/h5-7,9,12,14H,4,8,17H2,1-3H3. The largest absolute Gasteiger partial charge is 0.377 e. The topological polar surface area (TPSA) is 35.2 Å². The summed E-state index contributed by atoms with van der Waals surface area (Å²) >= 11 is 3.26. The van der Waals surface area contributed by atoms with Crippen molar-refractivity contribution in [1.29, 1.82) is 0 Å². The van der Waals surface area contributed by atoms with E-state index in [0.717, 1.165) is 5.56 Å². The van der Waals surface area contributed by atoms with Crippen LogP contribution in [0.2, 0.25) is 0 Å². The quantitative estimate of drug-likeness (QED) is 0.871. The minimum absolute atomic E-state index is 0.00910. The maximum absolute atomic E-state index is 13.4. The second-order valence-electron chi connectivity index (χ2n) is 4.74. The van der Waals surface area contributed by atoms with Gasteiger partial charge in [-0.3, -0.25) is 0 Å². The predicted octanol–water partition coefficient (Wildman–Crippen LogP) is 3.52. The number of ether oxygens (including phenoxy) is 1. The summed E-state index contributed by atoms with van der Waals surface area (Å²) in [5.74, 6) is 0.0875. The summed E-state index contributed by atoms with van der Waals surface area (Å²) in [6.07, 6.45) is 0.589. The zero-order valence-electron chi connectivity index (χ0n) is 11.1. The number of rotatable bonds is 6. The van der Waals surface area contributed by atoms with Crippen LogP contribution < -0.4 is 5.73 Å². The highest BCUT2D eigenvalue weighted by atomic mass is 79.9. The Morgan fingerprint density at radius 3 is 2.61 bits per heavy atom. The molecule has 4 heteroatoms. The highest BCUT2D eigenvalue weighted by molar-refractivity contribution is 9.10. The molecule has 0 saturated heterocycles. The molecule has 2 atom stereocenters. The molecule has 0 aliphatic carbocycles. The summed E-state index contributed by atoms with van der Waals surface area (Å²) in [6, 6.07) is 4.88. The van der Waals surface area contributed by atoms with Gasteiger partial charge in [0.05, 0.1) is 10.6 Å². The number of hydrogen-bond acceptors (Lipinski definition) is 2. The lowest BCUT2D eigenvalue weighted by molar-refractivity contribution is 0.0127. The third kappa shape index (κ3) is 4.04. The van der Waals surface area contributed by atoms with Gasteiger partial charge in [0.25, 0.3) is 0 Å². The molecule has 2 nitrogen and oxygen atoms in total. The molecule has 0 fully saturated rings. The monoisotopic (exact) mass is 317 g/mol. The van der Waals surface area contributed by atoms with Crippen LogP contribution in [0, 0.1) is 11.7 Å².